The van der Waals surface area contributed by atoms with Gasteiger partial charge in [-0.05, 0) is 74.0 Å². The molecule has 0 radical (unpaired) electrons. The van der Waals surface area contributed by atoms with Crippen LogP contribution in [0.2, 0.25) is 0 Å². The van der Waals surface area contributed by atoms with Gasteiger partial charge in [0.05, 0.1) is 12.2 Å². The summed E-state index contributed by atoms with van der Waals surface area (Å²) in [6, 6.07) is 0. The minimum Gasteiger partial charge on any atom is -0.393 e. The topological polar surface area (TPSA) is 40.5 Å². The Bertz CT molecular complexity index is 404. The average Bonchev–Trinajstić information content (AvgIpc) is 2.70. The van der Waals surface area contributed by atoms with Crippen LogP contribution in [-0.4, -0.2) is 22.4 Å². The maximum Gasteiger partial charge on any atom is 0.0621 e. The lowest BCUT2D eigenvalue weighted by atomic mass is 9.55. The van der Waals surface area contributed by atoms with Crippen LogP contribution >= 0.6 is 0 Å². The van der Waals surface area contributed by atoms with Gasteiger partial charge in [-0.1, -0.05) is 26.0 Å². The van der Waals surface area contributed by atoms with Crippen LogP contribution in [0.1, 0.15) is 65.2 Å². The summed E-state index contributed by atoms with van der Waals surface area (Å²) in [6.07, 6.45) is 7.99. The fourth-order valence-corrected chi connectivity index (χ4v) is 5.30. The maximum absolute atomic E-state index is 10.5. The van der Waals surface area contributed by atoms with Crippen molar-refractivity contribution in [3.63, 3.8) is 0 Å². The zero-order valence-corrected chi connectivity index (χ0v) is 13.1. The van der Waals surface area contributed by atoms with Crippen molar-refractivity contribution in [2.24, 2.45) is 22.7 Å². The first kappa shape index (κ1) is 14.6. The van der Waals surface area contributed by atoms with Gasteiger partial charge in [-0.2, -0.15) is 0 Å². The largest absolute Gasteiger partial charge is 0.393 e. The summed E-state index contributed by atoms with van der Waals surface area (Å²) in [7, 11) is 0. The highest BCUT2D eigenvalue weighted by Crippen LogP contribution is 2.60. The lowest BCUT2D eigenvalue weighted by Crippen LogP contribution is -2.48. The molecule has 2 heteroatoms. The van der Waals surface area contributed by atoms with Gasteiger partial charge >= 0.3 is 0 Å². The Morgan fingerprint density at radius 1 is 1.00 bits per heavy atom. The molecule has 3 aliphatic rings. The van der Waals surface area contributed by atoms with Crippen LogP contribution in [0.4, 0.5) is 0 Å². The molecular weight excluding hydrogens is 248 g/mol. The van der Waals surface area contributed by atoms with Crippen molar-refractivity contribution in [3.8, 4) is 0 Å². The zero-order chi connectivity index (χ0) is 14.5. The van der Waals surface area contributed by atoms with Gasteiger partial charge in [0.1, 0.15) is 0 Å². The number of hydrogen-bond acceptors (Lipinski definition) is 2. The van der Waals surface area contributed by atoms with Crippen molar-refractivity contribution in [2.45, 2.75) is 77.4 Å². The molecule has 3 fully saturated rings. The van der Waals surface area contributed by atoms with E-state index in [-0.39, 0.29) is 17.6 Å². The van der Waals surface area contributed by atoms with Crippen LogP contribution in [0.3, 0.4) is 0 Å². The van der Waals surface area contributed by atoms with Crippen molar-refractivity contribution >= 4 is 0 Å². The summed E-state index contributed by atoms with van der Waals surface area (Å²) in [5, 5.41) is 20.3. The molecule has 0 bridgehead atoms. The molecule has 0 spiro atoms. The minimum atomic E-state index is -0.329. The summed E-state index contributed by atoms with van der Waals surface area (Å²) >= 11 is 0. The Balaban J connectivity index is 1.75. The molecule has 3 saturated carbocycles. The Labute approximate surface area is 123 Å². The van der Waals surface area contributed by atoms with Gasteiger partial charge in [-0.15, -0.1) is 0 Å². The third-order valence-corrected chi connectivity index (χ3v) is 7.29. The molecule has 20 heavy (non-hydrogen) atoms. The highest BCUT2D eigenvalue weighted by atomic mass is 16.3. The predicted octanol–water partition coefficient (Wildman–Crippen LogP) is 3.67. The van der Waals surface area contributed by atoms with E-state index in [2.05, 4.69) is 20.4 Å². The summed E-state index contributed by atoms with van der Waals surface area (Å²) < 4.78 is 0. The second-order valence-corrected chi connectivity index (χ2v) is 8.18. The molecule has 2 nitrogen and oxygen atoms in total. The van der Waals surface area contributed by atoms with E-state index >= 15 is 0 Å². The SMILES string of the molecule is C=C1CCC2CC(C3(C)CCC(O)CC3O)CCC12C. The van der Waals surface area contributed by atoms with Gasteiger partial charge in [0.2, 0.25) is 0 Å². The summed E-state index contributed by atoms with van der Waals surface area (Å²) in [6.45, 7) is 8.98. The molecule has 114 valence electrons. The van der Waals surface area contributed by atoms with E-state index in [0.717, 1.165) is 18.8 Å². The minimum absolute atomic E-state index is 0.0183. The van der Waals surface area contributed by atoms with Crippen LogP contribution in [0.25, 0.3) is 0 Å². The van der Waals surface area contributed by atoms with Gasteiger partial charge in [0.15, 0.2) is 0 Å². The van der Waals surface area contributed by atoms with E-state index in [1.54, 1.807) is 0 Å². The smallest absolute Gasteiger partial charge is 0.0621 e. The first-order chi connectivity index (χ1) is 9.36. The Morgan fingerprint density at radius 3 is 2.45 bits per heavy atom. The van der Waals surface area contributed by atoms with Gasteiger partial charge in [0.25, 0.3) is 0 Å². The second kappa shape index (κ2) is 4.84. The molecule has 0 aromatic rings. The monoisotopic (exact) mass is 278 g/mol. The lowest BCUT2D eigenvalue weighted by Gasteiger charge is -2.51. The number of hydrogen-bond donors (Lipinski definition) is 2. The van der Waals surface area contributed by atoms with E-state index in [4.69, 9.17) is 0 Å². The predicted molar refractivity (Wildman–Crippen MR) is 81.3 cm³/mol. The molecule has 3 rings (SSSR count). The standard InChI is InChI=1S/C18H30O2/c1-12-4-5-13-10-14(6-8-17(12,13)2)18(3)9-7-15(19)11-16(18)20/h13-16,19-20H,1,4-11H2,2-3H3. The molecule has 0 aromatic carbocycles. The molecule has 0 aromatic heterocycles. The van der Waals surface area contributed by atoms with Gasteiger partial charge < -0.3 is 10.2 Å². The lowest BCUT2D eigenvalue weighted by molar-refractivity contribution is -0.0968. The number of fused-ring (bicyclic) bond motifs is 1. The molecule has 2 N–H and O–H groups in total. The molecule has 6 atom stereocenters. The van der Waals surface area contributed by atoms with Crippen molar-refractivity contribution in [1.82, 2.24) is 0 Å². The Morgan fingerprint density at radius 2 is 1.75 bits per heavy atom. The van der Waals surface area contributed by atoms with Crippen LogP contribution in [0.15, 0.2) is 12.2 Å². The summed E-state index contributed by atoms with van der Waals surface area (Å²) in [5.41, 5.74) is 1.85. The van der Waals surface area contributed by atoms with Gasteiger partial charge in [0, 0.05) is 0 Å². The van der Waals surface area contributed by atoms with Crippen molar-refractivity contribution in [2.75, 3.05) is 0 Å². The fourth-order valence-electron chi connectivity index (χ4n) is 5.30. The normalized spacial score (nSPS) is 52.9. The molecule has 3 aliphatic carbocycles. The van der Waals surface area contributed by atoms with Crippen molar-refractivity contribution < 1.29 is 10.2 Å². The van der Waals surface area contributed by atoms with Crippen LogP contribution in [0, 0.1) is 22.7 Å². The second-order valence-electron chi connectivity index (χ2n) is 8.18. The van der Waals surface area contributed by atoms with E-state index in [1.165, 1.54) is 37.7 Å². The molecule has 0 amide bonds. The highest BCUT2D eigenvalue weighted by molar-refractivity contribution is 5.19. The molecule has 0 aliphatic heterocycles. The summed E-state index contributed by atoms with van der Waals surface area (Å²) in [5.74, 6) is 1.39. The first-order valence-electron chi connectivity index (χ1n) is 8.40. The van der Waals surface area contributed by atoms with E-state index < -0.39 is 0 Å². The number of allylic oxidation sites excluding steroid dienone is 1. The zero-order valence-electron chi connectivity index (χ0n) is 13.1. The molecule has 6 unspecified atom stereocenters. The highest BCUT2D eigenvalue weighted by Gasteiger charge is 2.51. The average molecular weight is 278 g/mol. The van der Waals surface area contributed by atoms with Crippen molar-refractivity contribution in [3.05, 3.63) is 12.2 Å². The number of aliphatic hydroxyl groups excluding tert-OH is 2. The molecular formula is C18H30O2. The molecule has 0 heterocycles. The third-order valence-electron chi connectivity index (χ3n) is 7.29. The van der Waals surface area contributed by atoms with E-state index in [9.17, 15) is 10.2 Å². The van der Waals surface area contributed by atoms with Gasteiger partial charge in [-0.3, -0.25) is 0 Å². The van der Waals surface area contributed by atoms with Crippen LogP contribution in [0.5, 0.6) is 0 Å². The number of aliphatic hydroxyl groups is 2. The molecule has 0 saturated heterocycles. The third kappa shape index (κ3) is 2.07. The van der Waals surface area contributed by atoms with Crippen molar-refractivity contribution in [1.29, 1.82) is 0 Å². The van der Waals surface area contributed by atoms with Crippen LogP contribution < -0.4 is 0 Å². The Kier molecular flexibility index (Phi) is 3.53. The van der Waals surface area contributed by atoms with Gasteiger partial charge in [-0.25, -0.2) is 0 Å². The van der Waals surface area contributed by atoms with Crippen LogP contribution in [-0.2, 0) is 0 Å². The first-order valence-corrected chi connectivity index (χ1v) is 8.40. The quantitative estimate of drug-likeness (QED) is 0.718. The fraction of sp³-hybridized carbons (Fsp3) is 0.889. The van der Waals surface area contributed by atoms with E-state index in [1.807, 2.05) is 0 Å². The maximum atomic E-state index is 10.5. The summed E-state index contributed by atoms with van der Waals surface area (Å²) in [4.78, 5) is 0. The number of rotatable bonds is 1. The van der Waals surface area contributed by atoms with E-state index in [0.29, 0.717) is 17.8 Å². The Hall–Kier alpha value is -0.340.